The predicted octanol–water partition coefficient (Wildman–Crippen LogP) is 6.20. The molecule has 0 saturated heterocycles. The Kier molecular flexibility index (Phi) is 5.47. The fraction of sp³-hybridized carbons (Fsp3) is 0.0833. The molecule has 5 aromatic rings. The molecule has 0 radical (unpaired) electrons. The van der Waals surface area contributed by atoms with Gasteiger partial charge in [-0.25, -0.2) is 9.37 Å². The van der Waals surface area contributed by atoms with Crippen molar-refractivity contribution in [3.63, 3.8) is 0 Å². The van der Waals surface area contributed by atoms with Gasteiger partial charge in [0, 0.05) is 25.0 Å². The molecule has 3 aromatic heterocycles. The number of aryl methyl sites for hydroxylation is 2. The van der Waals surface area contributed by atoms with Crippen LogP contribution in [0.25, 0.3) is 34.0 Å². The molecule has 0 N–H and O–H groups in total. The van der Waals surface area contributed by atoms with Crippen molar-refractivity contribution in [3.8, 4) is 45.6 Å². The standard InChI is InChI=1S/C24H17BrFN5O2/c1-14-5-8-21(19(25)10-14)32-23-17(4-3-9-27-23)22-29-24(33-30-22)18-11-15(6-7-20(18)26)16-12-28-31(2)13-16/h3-13H,1-2H3. The maximum atomic E-state index is 14.6. The van der Waals surface area contributed by atoms with Crippen molar-refractivity contribution in [2.75, 3.05) is 0 Å². The Labute approximate surface area is 197 Å². The third-order valence-corrected chi connectivity index (χ3v) is 5.59. The molecule has 5 rings (SSSR count). The van der Waals surface area contributed by atoms with Crippen molar-refractivity contribution in [1.29, 1.82) is 0 Å². The summed E-state index contributed by atoms with van der Waals surface area (Å²) >= 11 is 3.51. The van der Waals surface area contributed by atoms with E-state index >= 15 is 0 Å². The van der Waals surface area contributed by atoms with Crippen molar-refractivity contribution in [3.05, 3.63) is 83.0 Å². The molecule has 0 atom stereocenters. The molecule has 0 spiro atoms. The van der Waals surface area contributed by atoms with Gasteiger partial charge in [-0.1, -0.05) is 17.3 Å². The van der Waals surface area contributed by atoms with Gasteiger partial charge in [-0.05, 0) is 70.4 Å². The summed E-state index contributed by atoms with van der Waals surface area (Å²) in [5.74, 6) is 0.727. The summed E-state index contributed by atoms with van der Waals surface area (Å²) in [7, 11) is 1.82. The predicted molar refractivity (Wildman–Crippen MR) is 124 cm³/mol. The number of halogens is 2. The van der Waals surface area contributed by atoms with E-state index in [0.29, 0.717) is 17.2 Å². The van der Waals surface area contributed by atoms with Crippen molar-refractivity contribution < 1.29 is 13.7 Å². The molecule has 164 valence electrons. The molecular formula is C24H17BrFN5O2. The van der Waals surface area contributed by atoms with Crippen LogP contribution in [0, 0.1) is 12.7 Å². The smallest absolute Gasteiger partial charge is 0.261 e. The van der Waals surface area contributed by atoms with Crippen LogP contribution < -0.4 is 4.74 Å². The van der Waals surface area contributed by atoms with Crippen molar-refractivity contribution in [2.45, 2.75) is 6.92 Å². The van der Waals surface area contributed by atoms with Crippen LogP contribution in [-0.2, 0) is 7.05 Å². The Morgan fingerprint density at radius 2 is 1.94 bits per heavy atom. The molecule has 0 saturated carbocycles. The first-order valence-electron chi connectivity index (χ1n) is 10.00. The highest BCUT2D eigenvalue weighted by Gasteiger charge is 2.19. The van der Waals surface area contributed by atoms with E-state index in [1.807, 2.05) is 38.4 Å². The van der Waals surface area contributed by atoms with Gasteiger partial charge in [0.05, 0.1) is 21.8 Å². The molecule has 0 aliphatic rings. The van der Waals surface area contributed by atoms with Crippen LogP contribution in [0.4, 0.5) is 4.39 Å². The normalized spacial score (nSPS) is 11.0. The van der Waals surface area contributed by atoms with E-state index in [-0.39, 0.29) is 17.3 Å². The summed E-state index contributed by atoms with van der Waals surface area (Å²) in [6.45, 7) is 1.99. The highest BCUT2D eigenvalue weighted by atomic mass is 79.9. The van der Waals surface area contributed by atoms with Gasteiger partial charge >= 0.3 is 0 Å². The van der Waals surface area contributed by atoms with E-state index in [1.54, 1.807) is 41.3 Å². The molecule has 0 bridgehead atoms. The zero-order valence-electron chi connectivity index (χ0n) is 17.7. The molecule has 0 fully saturated rings. The first-order valence-corrected chi connectivity index (χ1v) is 10.8. The first-order chi connectivity index (χ1) is 16.0. The largest absolute Gasteiger partial charge is 0.437 e. The lowest BCUT2D eigenvalue weighted by Gasteiger charge is -2.09. The Balaban J connectivity index is 1.50. The van der Waals surface area contributed by atoms with E-state index in [9.17, 15) is 4.39 Å². The monoisotopic (exact) mass is 505 g/mol. The number of pyridine rings is 1. The minimum Gasteiger partial charge on any atom is -0.437 e. The van der Waals surface area contributed by atoms with Gasteiger partial charge in [0.15, 0.2) is 0 Å². The highest BCUT2D eigenvalue weighted by Crippen LogP contribution is 2.35. The minimum atomic E-state index is -0.468. The second-order valence-corrected chi connectivity index (χ2v) is 8.27. The van der Waals surface area contributed by atoms with Crippen molar-refractivity contribution >= 4 is 15.9 Å². The topological polar surface area (TPSA) is 78.9 Å². The fourth-order valence-corrected chi connectivity index (χ4v) is 3.89. The van der Waals surface area contributed by atoms with Gasteiger partial charge in [0.2, 0.25) is 11.7 Å². The quantitative estimate of drug-likeness (QED) is 0.283. The number of ether oxygens (including phenoxy) is 1. The van der Waals surface area contributed by atoms with Gasteiger partial charge in [0.1, 0.15) is 11.6 Å². The minimum absolute atomic E-state index is 0.0551. The number of rotatable bonds is 5. The van der Waals surface area contributed by atoms with E-state index in [4.69, 9.17) is 9.26 Å². The van der Waals surface area contributed by atoms with Crippen LogP contribution in [0.1, 0.15) is 5.56 Å². The van der Waals surface area contributed by atoms with Gasteiger partial charge in [0.25, 0.3) is 5.89 Å². The maximum absolute atomic E-state index is 14.6. The highest BCUT2D eigenvalue weighted by molar-refractivity contribution is 9.10. The zero-order valence-corrected chi connectivity index (χ0v) is 19.2. The molecule has 0 amide bonds. The number of aromatic nitrogens is 5. The number of hydrogen-bond acceptors (Lipinski definition) is 6. The zero-order chi connectivity index (χ0) is 22.9. The molecule has 2 aromatic carbocycles. The summed E-state index contributed by atoms with van der Waals surface area (Å²) in [5.41, 5.74) is 3.44. The lowest BCUT2D eigenvalue weighted by atomic mass is 10.1. The summed E-state index contributed by atoms with van der Waals surface area (Å²) in [4.78, 5) is 8.74. The number of nitrogens with zero attached hydrogens (tertiary/aromatic N) is 5. The molecule has 0 aliphatic heterocycles. The van der Waals surface area contributed by atoms with Crippen molar-refractivity contribution in [2.24, 2.45) is 7.05 Å². The fourth-order valence-electron chi connectivity index (χ4n) is 3.32. The van der Waals surface area contributed by atoms with Crippen LogP contribution >= 0.6 is 15.9 Å². The molecule has 0 unspecified atom stereocenters. The van der Waals surface area contributed by atoms with E-state index in [0.717, 1.165) is 21.2 Å². The average Bonchev–Trinajstić information content (AvgIpc) is 3.46. The average molecular weight is 506 g/mol. The summed E-state index contributed by atoms with van der Waals surface area (Å²) in [6.07, 6.45) is 5.16. The van der Waals surface area contributed by atoms with Crippen LogP contribution in [0.3, 0.4) is 0 Å². The summed E-state index contributed by atoms with van der Waals surface area (Å²) < 4.78 is 28.5. The second kappa shape index (κ2) is 8.59. The number of benzene rings is 2. The molecule has 7 nitrogen and oxygen atoms in total. The second-order valence-electron chi connectivity index (χ2n) is 7.41. The van der Waals surface area contributed by atoms with E-state index in [1.165, 1.54) is 6.07 Å². The maximum Gasteiger partial charge on any atom is 0.261 e. The SMILES string of the molecule is Cc1ccc(Oc2ncccc2-c2noc(-c3cc(-c4cnn(C)c4)ccc3F)n2)c(Br)c1. The first kappa shape index (κ1) is 21.0. The summed E-state index contributed by atoms with van der Waals surface area (Å²) in [5, 5.41) is 8.21. The molecule has 33 heavy (non-hydrogen) atoms. The van der Waals surface area contributed by atoms with Crippen LogP contribution in [0.15, 0.2) is 76.1 Å². The third kappa shape index (κ3) is 4.27. The van der Waals surface area contributed by atoms with Crippen LogP contribution in [0.2, 0.25) is 0 Å². The lowest BCUT2D eigenvalue weighted by Crippen LogP contribution is -1.93. The lowest BCUT2D eigenvalue weighted by molar-refractivity contribution is 0.428. The Bertz CT molecular complexity index is 1460. The van der Waals surface area contributed by atoms with Gasteiger partial charge < -0.3 is 9.26 Å². The third-order valence-electron chi connectivity index (χ3n) is 4.97. The molecule has 9 heteroatoms. The van der Waals surface area contributed by atoms with Crippen LogP contribution in [0.5, 0.6) is 11.6 Å². The number of hydrogen-bond donors (Lipinski definition) is 0. The van der Waals surface area contributed by atoms with Gasteiger partial charge in [-0.3, -0.25) is 4.68 Å². The van der Waals surface area contributed by atoms with E-state index < -0.39 is 5.82 Å². The molecule has 3 heterocycles. The Morgan fingerprint density at radius 3 is 2.73 bits per heavy atom. The van der Waals surface area contributed by atoms with Gasteiger partial charge in [-0.15, -0.1) is 0 Å². The van der Waals surface area contributed by atoms with Gasteiger partial charge in [-0.2, -0.15) is 10.1 Å². The van der Waals surface area contributed by atoms with Crippen LogP contribution in [-0.4, -0.2) is 24.9 Å². The Morgan fingerprint density at radius 1 is 1.06 bits per heavy atom. The summed E-state index contributed by atoms with van der Waals surface area (Å²) in [6, 6.07) is 13.9. The Hall–Kier alpha value is -3.85. The molecule has 0 aliphatic carbocycles. The molecular weight excluding hydrogens is 489 g/mol. The van der Waals surface area contributed by atoms with Crippen molar-refractivity contribution in [1.82, 2.24) is 24.9 Å². The van der Waals surface area contributed by atoms with E-state index in [2.05, 4.69) is 36.2 Å².